The minimum atomic E-state index is -3.95. The molecule has 2 rings (SSSR count). The van der Waals surface area contributed by atoms with Crippen LogP contribution >= 0.6 is 11.3 Å². The van der Waals surface area contributed by atoms with Gasteiger partial charge in [0.15, 0.2) is 6.29 Å². The molecule has 0 bridgehead atoms. The van der Waals surface area contributed by atoms with Crippen molar-refractivity contribution in [1.29, 1.82) is 0 Å². The van der Waals surface area contributed by atoms with Gasteiger partial charge in [-0.3, -0.25) is 0 Å². The van der Waals surface area contributed by atoms with Crippen molar-refractivity contribution < 1.29 is 26.3 Å². The monoisotopic (exact) mass is 413 g/mol. The van der Waals surface area contributed by atoms with Crippen molar-refractivity contribution in [3.8, 4) is 0 Å². The van der Waals surface area contributed by atoms with Gasteiger partial charge >= 0.3 is 0 Å². The molecule has 1 aliphatic rings. The number of hydrogen-bond acceptors (Lipinski definition) is 8. The third-order valence-electron chi connectivity index (χ3n) is 3.77. The van der Waals surface area contributed by atoms with E-state index in [0.29, 0.717) is 29.9 Å². The molecule has 2 atom stereocenters. The molecule has 144 valence electrons. The van der Waals surface area contributed by atoms with Crippen LogP contribution in [0.4, 0.5) is 0 Å². The maximum absolute atomic E-state index is 12.9. The fraction of sp³-hybridized carbons (Fsp3) is 0.692. The molecule has 0 fully saturated rings. The van der Waals surface area contributed by atoms with E-state index in [2.05, 4.69) is 5.32 Å². The van der Waals surface area contributed by atoms with Crippen LogP contribution < -0.4 is 10.5 Å². The number of thiophene rings is 1. The van der Waals surface area contributed by atoms with Gasteiger partial charge in [0.05, 0.1) is 12.8 Å². The molecule has 12 heteroatoms. The van der Waals surface area contributed by atoms with Crippen LogP contribution in [-0.2, 0) is 35.9 Å². The van der Waals surface area contributed by atoms with Crippen molar-refractivity contribution in [1.82, 2.24) is 9.62 Å². The lowest BCUT2D eigenvalue weighted by Crippen LogP contribution is -2.53. The number of methoxy groups -OCH3 is 1. The van der Waals surface area contributed by atoms with E-state index in [4.69, 9.17) is 14.6 Å². The number of hydrogen-bond donors (Lipinski definition) is 2. The summed E-state index contributed by atoms with van der Waals surface area (Å²) in [4.78, 5) is 0. The highest BCUT2D eigenvalue weighted by atomic mass is 32.3. The predicted molar refractivity (Wildman–Crippen MR) is 93.2 cm³/mol. The second kappa shape index (κ2) is 7.96. The Morgan fingerprint density at radius 1 is 1.52 bits per heavy atom. The molecule has 9 nitrogen and oxygen atoms in total. The highest BCUT2D eigenvalue weighted by molar-refractivity contribution is 7.94. The summed E-state index contributed by atoms with van der Waals surface area (Å²) in [6.07, 6.45) is -0.572. The molecule has 0 amide bonds. The third kappa shape index (κ3) is 4.57. The average Bonchev–Trinajstić information content (AvgIpc) is 2.95. The van der Waals surface area contributed by atoms with Crippen molar-refractivity contribution in [2.24, 2.45) is 5.14 Å². The van der Waals surface area contributed by atoms with Crippen LogP contribution in [0.2, 0.25) is 0 Å². The molecule has 1 aromatic rings. The van der Waals surface area contributed by atoms with Crippen molar-refractivity contribution in [3.63, 3.8) is 0 Å². The van der Waals surface area contributed by atoms with E-state index in [9.17, 15) is 16.8 Å². The number of rotatable bonds is 8. The quantitative estimate of drug-likeness (QED) is 0.569. The zero-order chi connectivity index (χ0) is 18.8. The fourth-order valence-corrected chi connectivity index (χ4v) is 6.83. The minimum Gasteiger partial charge on any atom is -0.356 e. The number of nitrogens with one attached hydrogen (secondary N) is 1. The van der Waals surface area contributed by atoms with E-state index in [1.807, 2.05) is 6.92 Å². The van der Waals surface area contributed by atoms with Gasteiger partial charge in [0, 0.05) is 20.1 Å². The van der Waals surface area contributed by atoms with Gasteiger partial charge in [-0.15, -0.1) is 11.3 Å². The molecule has 3 N–H and O–H groups in total. The Kier molecular flexibility index (Phi) is 6.60. The van der Waals surface area contributed by atoms with Gasteiger partial charge in [-0.25, -0.2) is 22.0 Å². The van der Waals surface area contributed by atoms with Crippen LogP contribution in [-0.4, -0.2) is 60.4 Å². The van der Waals surface area contributed by atoms with Gasteiger partial charge < -0.3 is 14.8 Å². The maximum atomic E-state index is 12.9. The summed E-state index contributed by atoms with van der Waals surface area (Å²) in [5.74, 6) is 0. The molecule has 2 heterocycles. The summed E-state index contributed by atoms with van der Waals surface area (Å²) in [7, 11) is -6.31. The number of nitrogens with two attached hydrogens (primary N) is 1. The van der Waals surface area contributed by atoms with E-state index in [1.165, 1.54) is 17.5 Å². The lowest BCUT2D eigenvalue weighted by molar-refractivity contribution is -0.112. The Labute approximate surface area is 152 Å². The Morgan fingerprint density at radius 3 is 2.76 bits per heavy atom. The number of nitrogens with zero attached hydrogens (tertiary/aromatic N) is 1. The van der Waals surface area contributed by atoms with Crippen molar-refractivity contribution in [2.75, 3.05) is 26.8 Å². The first-order chi connectivity index (χ1) is 11.6. The van der Waals surface area contributed by atoms with E-state index >= 15 is 0 Å². The summed E-state index contributed by atoms with van der Waals surface area (Å²) < 4.78 is 60.6. The standard InChI is InChI=1S/C13H23N3O6S3/c1-4-15-11-7-10-8-12(24(14,17)18)23-13(10)25(19,20)16(11)5-6-22-9(2)21-3/h8-9,11,15H,4-7H2,1-3H3,(H2,14,17,18). The summed E-state index contributed by atoms with van der Waals surface area (Å²) in [5.41, 5.74) is 0.461. The predicted octanol–water partition coefficient (Wildman–Crippen LogP) is -0.113. The van der Waals surface area contributed by atoms with Gasteiger partial charge in [0.1, 0.15) is 8.42 Å². The summed E-state index contributed by atoms with van der Waals surface area (Å²) in [5, 5.41) is 8.25. The van der Waals surface area contributed by atoms with Crippen molar-refractivity contribution in [2.45, 2.75) is 41.1 Å². The molecular weight excluding hydrogens is 390 g/mol. The lowest BCUT2D eigenvalue weighted by Gasteiger charge is -2.35. The number of ether oxygens (including phenoxy) is 2. The second-order valence-corrected chi connectivity index (χ2v) is 10.4. The van der Waals surface area contributed by atoms with E-state index in [-0.39, 0.29) is 21.6 Å². The summed E-state index contributed by atoms with van der Waals surface area (Å²) in [6, 6.07) is 1.35. The average molecular weight is 414 g/mol. The van der Waals surface area contributed by atoms with Crippen LogP contribution in [0, 0.1) is 0 Å². The van der Waals surface area contributed by atoms with E-state index < -0.39 is 32.5 Å². The molecule has 0 radical (unpaired) electrons. The summed E-state index contributed by atoms with van der Waals surface area (Å²) >= 11 is 0.681. The van der Waals surface area contributed by atoms with Gasteiger partial charge in [-0.05, 0) is 25.1 Å². The zero-order valence-electron chi connectivity index (χ0n) is 14.3. The topological polar surface area (TPSA) is 128 Å². The van der Waals surface area contributed by atoms with Gasteiger partial charge in [0.25, 0.3) is 10.0 Å². The molecule has 0 saturated heterocycles. The molecule has 1 aromatic heterocycles. The fourth-order valence-electron chi connectivity index (χ4n) is 2.53. The van der Waals surface area contributed by atoms with Crippen LogP contribution in [0.25, 0.3) is 0 Å². The smallest absolute Gasteiger partial charge is 0.254 e. The van der Waals surface area contributed by atoms with Gasteiger partial charge in [-0.1, -0.05) is 6.92 Å². The first kappa shape index (κ1) is 20.7. The molecule has 0 spiro atoms. The Balaban J connectivity index is 2.33. The second-order valence-electron chi connectivity index (χ2n) is 5.49. The van der Waals surface area contributed by atoms with Crippen LogP contribution in [0.3, 0.4) is 0 Å². The highest BCUT2D eigenvalue weighted by Crippen LogP contribution is 2.37. The Morgan fingerprint density at radius 2 is 2.20 bits per heavy atom. The Bertz CT molecular complexity index is 805. The first-order valence-corrected chi connectivity index (χ1v) is 11.5. The van der Waals surface area contributed by atoms with Crippen molar-refractivity contribution in [3.05, 3.63) is 11.6 Å². The highest BCUT2D eigenvalue weighted by Gasteiger charge is 2.40. The van der Waals surface area contributed by atoms with Crippen molar-refractivity contribution >= 4 is 31.4 Å². The van der Waals surface area contributed by atoms with E-state index in [0.717, 1.165) is 0 Å². The molecule has 2 unspecified atom stereocenters. The normalized spacial score (nSPS) is 21.8. The molecule has 0 aliphatic carbocycles. The maximum Gasteiger partial charge on any atom is 0.254 e. The first-order valence-electron chi connectivity index (χ1n) is 7.66. The summed E-state index contributed by atoms with van der Waals surface area (Å²) in [6.45, 7) is 4.41. The largest absolute Gasteiger partial charge is 0.356 e. The third-order valence-corrected chi connectivity index (χ3v) is 8.83. The van der Waals surface area contributed by atoms with Gasteiger partial charge in [-0.2, -0.15) is 4.31 Å². The lowest BCUT2D eigenvalue weighted by atomic mass is 10.2. The van der Waals surface area contributed by atoms with Crippen LogP contribution in [0.15, 0.2) is 14.5 Å². The van der Waals surface area contributed by atoms with Gasteiger partial charge in [0.2, 0.25) is 10.0 Å². The van der Waals surface area contributed by atoms with E-state index in [1.54, 1.807) is 6.92 Å². The molecule has 0 aromatic carbocycles. The number of sulfonamides is 2. The molecule has 25 heavy (non-hydrogen) atoms. The number of fused-ring (bicyclic) bond motifs is 1. The number of primary sulfonamides is 1. The zero-order valence-corrected chi connectivity index (χ0v) is 16.7. The SMILES string of the molecule is CCNC1Cc2cc(S(N)(=O)=O)sc2S(=O)(=O)N1CCOC(C)OC. The molecule has 1 aliphatic heterocycles. The molecule has 0 saturated carbocycles. The minimum absolute atomic E-state index is 0.0190. The van der Waals surface area contributed by atoms with Crippen LogP contribution in [0.5, 0.6) is 0 Å². The molecular formula is C13H23N3O6S3. The Hall–Kier alpha value is -0.600. The number of likely N-dealkylation sites (N-methyl/N-ethyl adjacent to an activating group) is 1. The van der Waals surface area contributed by atoms with Crippen LogP contribution in [0.1, 0.15) is 19.4 Å².